The number of ether oxygens (including phenoxy) is 1. The molecule has 0 aromatic carbocycles. The maximum absolute atomic E-state index is 8.81. The molecule has 0 aliphatic rings. The third-order valence-corrected chi connectivity index (χ3v) is 2.34. The van der Waals surface area contributed by atoms with Gasteiger partial charge in [-0.25, -0.2) is 0 Å². The number of pyridine rings is 1. The molecule has 0 saturated carbocycles. The minimum Gasteiger partial charge on any atom is -0.481 e. The Morgan fingerprint density at radius 3 is 2.88 bits per heavy atom. The molecule has 0 N–H and O–H groups in total. The molecular weight excluding hydrogens is 202 g/mol. The summed E-state index contributed by atoms with van der Waals surface area (Å²) in [5, 5.41) is 8.81. The van der Waals surface area contributed by atoms with Crippen molar-refractivity contribution in [2.45, 2.75) is 13.8 Å². The van der Waals surface area contributed by atoms with E-state index in [1.165, 1.54) is 0 Å². The highest BCUT2D eigenvalue weighted by Gasteiger charge is 2.10. The molecule has 0 fully saturated rings. The van der Waals surface area contributed by atoms with Gasteiger partial charge in [-0.2, -0.15) is 10.2 Å². The number of rotatable bonds is 5. The van der Waals surface area contributed by atoms with Gasteiger partial charge in [0.2, 0.25) is 5.88 Å². The number of hydrogen-bond donors (Lipinski definition) is 0. The fourth-order valence-electron chi connectivity index (χ4n) is 1.45. The van der Waals surface area contributed by atoms with Crippen LogP contribution in [0, 0.1) is 17.2 Å². The zero-order chi connectivity index (χ0) is 12.0. The molecule has 0 aliphatic carbocycles. The topological polar surface area (TPSA) is 49.2 Å². The maximum atomic E-state index is 8.81. The van der Waals surface area contributed by atoms with Crippen LogP contribution in [0.25, 0.3) is 0 Å². The summed E-state index contributed by atoms with van der Waals surface area (Å²) in [4.78, 5) is 6.41. The highest BCUT2D eigenvalue weighted by molar-refractivity contribution is 5.40. The van der Waals surface area contributed by atoms with Crippen LogP contribution in [-0.4, -0.2) is 25.2 Å². The van der Waals surface area contributed by atoms with Crippen molar-refractivity contribution in [1.29, 1.82) is 5.26 Å². The van der Waals surface area contributed by atoms with E-state index in [1.807, 2.05) is 32.0 Å². The third-order valence-electron chi connectivity index (χ3n) is 2.34. The molecule has 1 atom stereocenters. The number of anilines is 1. The van der Waals surface area contributed by atoms with Crippen LogP contribution in [0.4, 0.5) is 5.82 Å². The molecule has 1 aromatic rings. The predicted octanol–water partition coefficient (Wildman–Crippen LogP) is 2.08. The number of aromatic nitrogens is 1. The van der Waals surface area contributed by atoms with E-state index in [0.717, 1.165) is 12.4 Å². The van der Waals surface area contributed by atoms with Gasteiger partial charge in [0, 0.05) is 19.2 Å². The molecule has 1 aromatic heterocycles. The number of methoxy groups -OCH3 is 1. The number of nitriles is 1. The second kappa shape index (κ2) is 5.96. The molecule has 0 spiro atoms. The lowest BCUT2D eigenvalue weighted by molar-refractivity contribution is 0.397. The van der Waals surface area contributed by atoms with E-state index >= 15 is 0 Å². The van der Waals surface area contributed by atoms with Crippen LogP contribution in [0.1, 0.15) is 13.8 Å². The molecule has 1 unspecified atom stereocenters. The Bertz CT molecular complexity index is 373. The molecule has 4 heteroatoms. The summed E-state index contributed by atoms with van der Waals surface area (Å²) in [5.74, 6) is 1.44. The van der Waals surface area contributed by atoms with E-state index in [0.29, 0.717) is 12.4 Å². The first-order valence-corrected chi connectivity index (χ1v) is 5.36. The zero-order valence-electron chi connectivity index (χ0n) is 9.97. The molecule has 16 heavy (non-hydrogen) atoms. The molecule has 0 aliphatic heterocycles. The van der Waals surface area contributed by atoms with Crippen molar-refractivity contribution >= 4 is 5.82 Å². The fraction of sp³-hybridized carbons (Fsp3) is 0.500. The lowest BCUT2D eigenvalue weighted by Crippen LogP contribution is -2.28. The van der Waals surface area contributed by atoms with Crippen molar-refractivity contribution in [2.24, 2.45) is 5.92 Å². The van der Waals surface area contributed by atoms with Crippen LogP contribution in [0.2, 0.25) is 0 Å². The smallest absolute Gasteiger partial charge is 0.214 e. The summed E-state index contributed by atoms with van der Waals surface area (Å²) >= 11 is 0. The molecule has 86 valence electrons. The van der Waals surface area contributed by atoms with Crippen molar-refractivity contribution in [3.8, 4) is 11.9 Å². The van der Waals surface area contributed by atoms with Gasteiger partial charge in [-0.15, -0.1) is 0 Å². The normalized spacial score (nSPS) is 11.6. The van der Waals surface area contributed by atoms with Crippen molar-refractivity contribution in [3.05, 3.63) is 18.2 Å². The van der Waals surface area contributed by atoms with Crippen LogP contribution in [0.3, 0.4) is 0 Å². The van der Waals surface area contributed by atoms with Gasteiger partial charge in [-0.05, 0) is 19.9 Å². The SMILES string of the molecule is CCN(CC(C)C#N)c1cccc(OC)n1. The Kier molecular flexibility index (Phi) is 4.59. The number of nitrogens with zero attached hydrogens (tertiary/aromatic N) is 3. The van der Waals surface area contributed by atoms with Crippen molar-refractivity contribution in [3.63, 3.8) is 0 Å². The summed E-state index contributed by atoms with van der Waals surface area (Å²) in [5.41, 5.74) is 0. The molecule has 4 nitrogen and oxygen atoms in total. The second-order valence-corrected chi connectivity index (χ2v) is 3.61. The maximum Gasteiger partial charge on any atom is 0.214 e. The van der Waals surface area contributed by atoms with Crippen LogP contribution in [0.15, 0.2) is 18.2 Å². The molecular formula is C12H17N3O. The molecule has 0 bridgehead atoms. The van der Waals surface area contributed by atoms with Crippen LogP contribution < -0.4 is 9.64 Å². The van der Waals surface area contributed by atoms with Crippen LogP contribution >= 0.6 is 0 Å². The molecule has 0 saturated heterocycles. The number of hydrogen-bond acceptors (Lipinski definition) is 4. The Morgan fingerprint density at radius 2 is 2.31 bits per heavy atom. The first kappa shape index (κ1) is 12.3. The summed E-state index contributed by atoms with van der Waals surface area (Å²) in [6.07, 6.45) is 0. The van der Waals surface area contributed by atoms with Gasteiger partial charge >= 0.3 is 0 Å². The largest absolute Gasteiger partial charge is 0.481 e. The van der Waals surface area contributed by atoms with Gasteiger partial charge in [0.1, 0.15) is 5.82 Å². The van der Waals surface area contributed by atoms with E-state index in [1.54, 1.807) is 7.11 Å². The van der Waals surface area contributed by atoms with E-state index in [9.17, 15) is 0 Å². The summed E-state index contributed by atoms with van der Waals surface area (Å²) in [6.45, 7) is 5.47. The van der Waals surface area contributed by atoms with Crippen LogP contribution in [0.5, 0.6) is 5.88 Å². The van der Waals surface area contributed by atoms with Gasteiger partial charge < -0.3 is 9.64 Å². The first-order valence-electron chi connectivity index (χ1n) is 5.36. The van der Waals surface area contributed by atoms with Crippen molar-refractivity contribution in [1.82, 2.24) is 4.98 Å². The van der Waals surface area contributed by atoms with Gasteiger partial charge in [0.25, 0.3) is 0 Å². The molecule has 0 amide bonds. The lowest BCUT2D eigenvalue weighted by Gasteiger charge is -2.23. The Labute approximate surface area is 96.5 Å². The average molecular weight is 219 g/mol. The second-order valence-electron chi connectivity index (χ2n) is 3.61. The average Bonchev–Trinajstić information content (AvgIpc) is 2.35. The highest BCUT2D eigenvalue weighted by Crippen LogP contribution is 2.16. The minimum atomic E-state index is -0.00653. The summed E-state index contributed by atoms with van der Waals surface area (Å²) in [6, 6.07) is 7.87. The van der Waals surface area contributed by atoms with Gasteiger partial charge in [-0.3, -0.25) is 0 Å². The Hall–Kier alpha value is -1.76. The quantitative estimate of drug-likeness (QED) is 0.760. The van der Waals surface area contributed by atoms with E-state index < -0.39 is 0 Å². The predicted molar refractivity (Wildman–Crippen MR) is 63.5 cm³/mol. The highest BCUT2D eigenvalue weighted by atomic mass is 16.5. The Morgan fingerprint density at radius 1 is 1.56 bits per heavy atom. The molecule has 1 heterocycles. The summed E-state index contributed by atoms with van der Waals surface area (Å²) in [7, 11) is 1.60. The van der Waals surface area contributed by atoms with E-state index in [4.69, 9.17) is 10.00 Å². The minimum absolute atomic E-state index is 0.00653. The zero-order valence-corrected chi connectivity index (χ0v) is 9.97. The lowest BCUT2D eigenvalue weighted by atomic mass is 10.2. The molecule has 1 rings (SSSR count). The van der Waals surface area contributed by atoms with E-state index in [-0.39, 0.29) is 5.92 Å². The van der Waals surface area contributed by atoms with Crippen molar-refractivity contribution in [2.75, 3.05) is 25.1 Å². The van der Waals surface area contributed by atoms with Gasteiger partial charge in [0.05, 0.1) is 19.1 Å². The van der Waals surface area contributed by atoms with Crippen molar-refractivity contribution < 1.29 is 4.74 Å². The fourth-order valence-corrected chi connectivity index (χ4v) is 1.45. The first-order chi connectivity index (χ1) is 7.71. The standard InChI is InChI=1S/C12H17N3O/c1-4-15(9-10(2)8-13)11-6-5-7-12(14-11)16-3/h5-7,10H,4,9H2,1-3H3. The monoisotopic (exact) mass is 219 g/mol. The Balaban J connectivity index is 2.82. The van der Waals surface area contributed by atoms with Crippen LogP contribution in [-0.2, 0) is 0 Å². The summed E-state index contributed by atoms with van der Waals surface area (Å²) < 4.78 is 5.08. The van der Waals surface area contributed by atoms with Gasteiger partial charge in [-0.1, -0.05) is 6.07 Å². The molecule has 0 radical (unpaired) electrons. The van der Waals surface area contributed by atoms with E-state index in [2.05, 4.69) is 16.0 Å². The third kappa shape index (κ3) is 3.13. The van der Waals surface area contributed by atoms with Gasteiger partial charge in [0.15, 0.2) is 0 Å².